The van der Waals surface area contributed by atoms with Crippen molar-refractivity contribution < 1.29 is 22.7 Å². The second kappa shape index (κ2) is 8.57. The lowest BCUT2D eigenvalue weighted by molar-refractivity contribution is -0.134. The molecule has 0 unspecified atom stereocenters. The third-order valence-corrected chi connectivity index (χ3v) is 5.10. The van der Waals surface area contributed by atoms with Crippen LogP contribution in [0.4, 0.5) is 18.3 Å². The summed E-state index contributed by atoms with van der Waals surface area (Å²) < 4.78 is 46.1. The number of carbonyl (C=O) groups is 1. The van der Waals surface area contributed by atoms with Gasteiger partial charge in [-0.05, 0) is 42.5 Å². The van der Waals surface area contributed by atoms with E-state index in [4.69, 9.17) is 4.74 Å². The van der Waals surface area contributed by atoms with E-state index in [1.54, 1.807) is 36.4 Å². The molecule has 5 nitrogen and oxygen atoms in total. The number of ether oxygens (including phenoxy) is 1. The van der Waals surface area contributed by atoms with Gasteiger partial charge >= 0.3 is 6.18 Å². The number of alkyl halides is 3. The SMILES string of the molecule is O=C(Nc1nc(-c2ccccn2)c(C(F)(F)F)s1)c1cccc(Oc2ccccc2)c1. The summed E-state index contributed by atoms with van der Waals surface area (Å²) in [5.74, 6) is 0.409. The maximum Gasteiger partial charge on any atom is 0.427 e. The monoisotopic (exact) mass is 441 g/mol. The summed E-state index contributed by atoms with van der Waals surface area (Å²) in [4.78, 5) is 19.6. The summed E-state index contributed by atoms with van der Waals surface area (Å²) in [5.41, 5.74) is -0.0315. The van der Waals surface area contributed by atoms with E-state index in [2.05, 4.69) is 15.3 Å². The van der Waals surface area contributed by atoms with Crippen LogP contribution in [0.5, 0.6) is 11.5 Å². The van der Waals surface area contributed by atoms with Crippen LogP contribution < -0.4 is 10.1 Å². The molecule has 9 heteroatoms. The van der Waals surface area contributed by atoms with E-state index in [-0.39, 0.29) is 22.1 Å². The van der Waals surface area contributed by atoms with Crippen molar-refractivity contribution in [1.29, 1.82) is 0 Å². The van der Waals surface area contributed by atoms with Crippen molar-refractivity contribution in [2.45, 2.75) is 6.18 Å². The lowest BCUT2D eigenvalue weighted by Gasteiger charge is -2.07. The first kappa shape index (κ1) is 20.5. The molecule has 4 rings (SSSR count). The molecule has 0 atom stereocenters. The number of anilines is 1. The number of pyridine rings is 1. The zero-order chi connectivity index (χ0) is 21.8. The number of para-hydroxylation sites is 1. The molecule has 0 aliphatic carbocycles. The summed E-state index contributed by atoms with van der Waals surface area (Å²) in [6.45, 7) is 0. The number of hydrogen-bond donors (Lipinski definition) is 1. The van der Waals surface area contributed by atoms with E-state index in [1.807, 2.05) is 18.2 Å². The second-order valence-electron chi connectivity index (χ2n) is 6.31. The van der Waals surface area contributed by atoms with Crippen molar-refractivity contribution in [3.63, 3.8) is 0 Å². The molecule has 0 bridgehead atoms. The third-order valence-electron chi connectivity index (χ3n) is 4.09. The van der Waals surface area contributed by atoms with Gasteiger partial charge in [0.15, 0.2) is 5.13 Å². The van der Waals surface area contributed by atoms with Gasteiger partial charge in [0.25, 0.3) is 5.91 Å². The number of aromatic nitrogens is 2. The summed E-state index contributed by atoms with van der Waals surface area (Å²) in [6.07, 6.45) is -3.25. The van der Waals surface area contributed by atoms with Gasteiger partial charge < -0.3 is 4.74 Å². The predicted octanol–water partition coefficient (Wildman–Crippen LogP) is 6.27. The number of carbonyl (C=O) groups excluding carboxylic acids is 1. The first-order chi connectivity index (χ1) is 14.9. The highest BCUT2D eigenvalue weighted by atomic mass is 32.1. The number of nitrogens with zero attached hydrogens (tertiary/aromatic N) is 2. The Labute approximate surface area is 179 Å². The fourth-order valence-electron chi connectivity index (χ4n) is 2.74. The van der Waals surface area contributed by atoms with Crippen LogP contribution in [0, 0.1) is 0 Å². The second-order valence-corrected chi connectivity index (χ2v) is 7.31. The fraction of sp³-hybridized carbons (Fsp3) is 0.0455. The normalized spacial score (nSPS) is 11.2. The van der Waals surface area contributed by atoms with Crippen LogP contribution in [0.15, 0.2) is 79.0 Å². The number of thiazole rings is 1. The Balaban J connectivity index is 1.58. The molecular weight excluding hydrogens is 427 g/mol. The third kappa shape index (κ3) is 4.89. The van der Waals surface area contributed by atoms with Crippen molar-refractivity contribution in [2.75, 3.05) is 5.32 Å². The number of hydrogen-bond acceptors (Lipinski definition) is 5. The van der Waals surface area contributed by atoms with Crippen LogP contribution in [-0.4, -0.2) is 15.9 Å². The van der Waals surface area contributed by atoms with E-state index in [1.165, 1.54) is 24.4 Å². The van der Waals surface area contributed by atoms with E-state index in [9.17, 15) is 18.0 Å². The highest BCUT2D eigenvalue weighted by molar-refractivity contribution is 7.16. The average Bonchev–Trinajstić information content (AvgIpc) is 3.20. The molecule has 1 N–H and O–H groups in total. The molecule has 0 aliphatic rings. The largest absolute Gasteiger partial charge is 0.457 e. The standard InChI is InChI=1S/C22H14F3N3O2S/c23-22(24,25)19-18(17-11-4-5-12-26-17)27-21(31-19)28-20(29)14-7-6-10-16(13-14)30-15-8-2-1-3-9-15/h1-13H,(H,27,28,29). The van der Waals surface area contributed by atoms with Crippen molar-refractivity contribution in [3.05, 3.63) is 89.4 Å². The molecule has 4 aromatic rings. The van der Waals surface area contributed by atoms with Crippen LogP contribution in [-0.2, 0) is 6.18 Å². The summed E-state index contributed by atoms with van der Waals surface area (Å²) in [6, 6.07) is 19.9. The van der Waals surface area contributed by atoms with Crippen molar-refractivity contribution in [2.24, 2.45) is 0 Å². The van der Waals surface area contributed by atoms with E-state index in [0.29, 0.717) is 22.8 Å². The maximum absolute atomic E-state index is 13.5. The van der Waals surface area contributed by atoms with Gasteiger partial charge in [-0.3, -0.25) is 15.1 Å². The van der Waals surface area contributed by atoms with E-state index < -0.39 is 17.0 Å². The minimum Gasteiger partial charge on any atom is -0.457 e. The van der Waals surface area contributed by atoms with Gasteiger partial charge in [-0.15, -0.1) is 0 Å². The smallest absolute Gasteiger partial charge is 0.427 e. The summed E-state index contributed by atoms with van der Waals surface area (Å²) >= 11 is 0.352. The van der Waals surface area contributed by atoms with Gasteiger partial charge in [-0.25, -0.2) is 4.98 Å². The van der Waals surface area contributed by atoms with Crippen molar-refractivity contribution >= 4 is 22.4 Å². The number of amides is 1. The molecule has 0 aliphatic heterocycles. The van der Waals surface area contributed by atoms with E-state index >= 15 is 0 Å². The highest BCUT2D eigenvalue weighted by Crippen LogP contribution is 2.42. The van der Waals surface area contributed by atoms with Crippen LogP contribution in [0.3, 0.4) is 0 Å². The molecule has 0 saturated carbocycles. The molecule has 2 heterocycles. The molecule has 31 heavy (non-hydrogen) atoms. The molecular formula is C22H14F3N3O2S. The van der Waals surface area contributed by atoms with Crippen LogP contribution in [0.1, 0.15) is 15.2 Å². The van der Waals surface area contributed by atoms with Crippen molar-refractivity contribution in [3.8, 4) is 22.9 Å². The molecule has 0 saturated heterocycles. The van der Waals surface area contributed by atoms with Gasteiger partial charge in [0.1, 0.15) is 22.1 Å². The number of halogens is 3. The van der Waals surface area contributed by atoms with Crippen LogP contribution in [0.25, 0.3) is 11.4 Å². The summed E-state index contributed by atoms with van der Waals surface area (Å²) in [5, 5.41) is 2.26. The Morgan fingerprint density at radius 3 is 2.39 bits per heavy atom. The lowest BCUT2D eigenvalue weighted by Crippen LogP contribution is -2.11. The Morgan fingerprint density at radius 1 is 0.935 bits per heavy atom. The number of rotatable bonds is 5. The maximum atomic E-state index is 13.5. The Kier molecular flexibility index (Phi) is 5.68. The minimum atomic E-state index is -4.63. The first-order valence-corrected chi connectivity index (χ1v) is 9.85. The van der Waals surface area contributed by atoms with Gasteiger partial charge in [0.2, 0.25) is 0 Å². The molecule has 0 radical (unpaired) electrons. The van der Waals surface area contributed by atoms with Crippen molar-refractivity contribution in [1.82, 2.24) is 9.97 Å². The predicted molar refractivity (Wildman–Crippen MR) is 111 cm³/mol. The fourth-order valence-corrected chi connectivity index (χ4v) is 3.57. The van der Waals surface area contributed by atoms with Gasteiger partial charge in [0.05, 0.1) is 5.69 Å². The Hall–Kier alpha value is -3.72. The molecule has 2 aromatic carbocycles. The molecule has 2 aromatic heterocycles. The average molecular weight is 441 g/mol. The van der Waals surface area contributed by atoms with Gasteiger partial charge in [-0.1, -0.05) is 41.7 Å². The first-order valence-electron chi connectivity index (χ1n) is 9.04. The minimum absolute atomic E-state index is 0.0739. The van der Waals surface area contributed by atoms with Crippen LogP contribution >= 0.6 is 11.3 Å². The van der Waals surface area contributed by atoms with Crippen LogP contribution in [0.2, 0.25) is 0 Å². The van der Waals surface area contributed by atoms with Gasteiger partial charge in [0, 0.05) is 11.8 Å². The quantitative estimate of drug-likeness (QED) is 0.397. The molecule has 0 spiro atoms. The Morgan fingerprint density at radius 2 is 1.68 bits per heavy atom. The Bertz CT molecular complexity index is 1200. The number of benzene rings is 2. The molecule has 0 fully saturated rings. The van der Waals surface area contributed by atoms with Gasteiger partial charge in [-0.2, -0.15) is 13.2 Å². The topological polar surface area (TPSA) is 64.1 Å². The number of nitrogens with one attached hydrogen (secondary N) is 1. The lowest BCUT2D eigenvalue weighted by atomic mass is 10.2. The summed E-state index contributed by atoms with van der Waals surface area (Å²) in [7, 11) is 0. The zero-order valence-electron chi connectivity index (χ0n) is 15.8. The molecule has 156 valence electrons. The molecule has 1 amide bonds. The highest BCUT2D eigenvalue weighted by Gasteiger charge is 2.38. The van der Waals surface area contributed by atoms with E-state index in [0.717, 1.165) is 0 Å². The zero-order valence-corrected chi connectivity index (χ0v) is 16.6.